The van der Waals surface area contributed by atoms with Gasteiger partial charge in [-0.2, -0.15) is 0 Å². The molecule has 0 saturated carbocycles. The van der Waals surface area contributed by atoms with Crippen LogP contribution in [-0.4, -0.2) is 29.4 Å². The van der Waals surface area contributed by atoms with E-state index in [0.717, 1.165) is 12.8 Å². The average Bonchev–Trinajstić information content (AvgIpc) is 2.55. The average molecular weight is 327 g/mol. The fourth-order valence-corrected chi connectivity index (χ4v) is 2.42. The highest BCUT2D eigenvalue weighted by Crippen LogP contribution is 2.21. The third kappa shape index (κ3) is 4.81. The predicted octanol–water partition coefficient (Wildman–Crippen LogP) is 4.00. The summed E-state index contributed by atoms with van der Waals surface area (Å²) in [5, 5.41) is 13.6. The monoisotopic (exact) mass is 327 g/mol. The topological polar surface area (TPSA) is 75.5 Å². The van der Waals surface area contributed by atoms with Gasteiger partial charge in [-0.1, -0.05) is 30.3 Å². The van der Waals surface area contributed by atoms with Gasteiger partial charge in [-0.3, -0.25) is 10.1 Å². The van der Waals surface area contributed by atoms with Crippen molar-refractivity contribution in [2.75, 3.05) is 18.9 Å². The number of hydrogen-bond acceptors (Lipinski definition) is 3. The van der Waals surface area contributed by atoms with Crippen molar-refractivity contribution in [3.63, 3.8) is 0 Å². The smallest absolute Gasteiger partial charge is 0.321 e. The molecule has 0 fully saturated rings. The van der Waals surface area contributed by atoms with Gasteiger partial charge in [-0.25, -0.2) is 4.79 Å². The largest absolute Gasteiger partial charge is 0.328 e. The standard InChI is InChI=1S/C18H21N3O3/c1-14-13-16(10-11-17(14)21(23)24)19-18(22)20(2)12-6-9-15-7-4-3-5-8-15/h3-5,7-8,10-11,13H,6,9,12H2,1-2H3,(H,19,22). The molecule has 1 N–H and O–H groups in total. The van der Waals surface area contributed by atoms with Crippen molar-refractivity contribution in [2.45, 2.75) is 19.8 Å². The van der Waals surface area contributed by atoms with Crippen LogP contribution >= 0.6 is 0 Å². The maximum Gasteiger partial charge on any atom is 0.321 e. The molecule has 0 atom stereocenters. The number of urea groups is 1. The van der Waals surface area contributed by atoms with Crippen LogP contribution < -0.4 is 5.32 Å². The molecular formula is C18H21N3O3. The molecule has 0 radical (unpaired) electrons. The molecule has 126 valence electrons. The second-order valence-corrected chi connectivity index (χ2v) is 5.70. The molecule has 2 rings (SSSR count). The fraction of sp³-hybridized carbons (Fsp3) is 0.278. The summed E-state index contributed by atoms with van der Waals surface area (Å²) < 4.78 is 0. The van der Waals surface area contributed by atoms with Gasteiger partial charge in [-0.05, 0) is 37.5 Å². The van der Waals surface area contributed by atoms with Crippen molar-refractivity contribution in [1.29, 1.82) is 0 Å². The molecule has 2 amide bonds. The number of benzene rings is 2. The first-order chi connectivity index (χ1) is 11.5. The maximum atomic E-state index is 12.2. The number of rotatable bonds is 6. The molecule has 0 saturated heterocycles. The summed E-state index contributed by atoms with van der Waals surface area (Å²) in [6.45, 7) is 2.28. The summed E-state index contributed by atoms with van der Waals surface area (Å²) in [5.41, 5.74) is 2.36. The van der Waals surface area contributed by atoms with E-state index in [9.17, 15) is 14.9 Å². The quantitative estimate of drug-likeness (QED) is 0.643. The van der Waals surface area contributed by atoms with Crippen LogP contribution in [0.3, 0.4) is 0 Å². The zero-order valence-electron chi connectivity index (χ0n) is 13.9. The molecule has 2 aromatic carbocycles. The number of nitrogens with one attached hydrogen (secondary N) is 1. The van der Waals surface area contributed by atoms with E-state index >= 15 is 0 Å². The molecule has 2 aromatic rings. The molecule has 0 unspecified atom stereocenters. The molecule has 6 heteroatoms. The Balaban J connectivity index is 1.85. The van der Waals surface area contributed by atoms with E-state index in [1.807, 2.05) is 18.2 Å². The first-order valence-electron chi connectivity index (χ1n) is 7.78. The highest BCUT2D eigenvalue weighted by Gasteiger charge is 2.13. The van der Waals surface area contributed by atoms with Gasteiger partial charge >= 0.3 is 6.03 Å². The fourth-order valence-electron chi connectivity index (χ4n) is 2.42. The number of aryl methyl sites for hydroxylation is 2. The Morgan fingerprint density at radius 2 is 1.92 bits per heavy atom. The van der Waals surface area contributed by atoms with Crippen LogP contribution in [0.2, 0.25) is 0 Å². The summed E-state index contributed by atoms with van der Waals surface area (Å²) in [4.78, 5) is 24.2. The van der Waals surface area contributed by atoms with E-state index in [0.29, 0.717) is 17.8 Å². The van der Waals surface area contributed by atoms with Crippen LogP contribution in [0.5, 0.6) is 0 Å². The summed E-state index contributed by atoms with van der Waals surface area (Å²) in [6.07, 6.45) is 1.78. The number of carbonyl (C=O) groups is 1. The van der Waals surface area contributed by atoms with Crippen LogP contribution in [0.15, 0.2) is 48.5 Å². The normalized spacial score (nSPS) is 10.2. The van der Waals surface area contributed by atoms with Gasteiger partial charge in [0, 0.05) is 30.9 Å². The molecule has 24 heavy (non-hydrogen) atoms. The van der Waals surface area contributed by atoms with Crippen LogP contribution in [0.4, 0.5) is 16.2 Å². The van der Waals surface area contributed by atoms with E-state index in [1.165, 1.54) is 11.6 Å². The predicted molar refractivity (Wildman–Crippen MR) is 94.2 cm³/mol. The number of anilines is 1. The van der Waals surface area contributed by atoms with E-state index in [1.54, 1.807) is 31.0 Å². The number of nitro benzene ring substituents is 1. The van der Waals surface area contributed by atoms with Gasteiger partial charge in [0.1, 0.15) is 0 Å². The zero-order chi connectivity index (χ0) is 17.5. The Bertz CT molecular complexity index is 717. The lowest BCUT2D eigenvalue weighted by Gasteiger charge is -2.18. The lowest BCUT2D eigenvalue weighted by molar-refractivity contribution is -0.385. The van der Waals surface area contributed by atoms with Gasteiger partial charge in [0.2, 0.25) is 0 Å². The third-order valence-corrected chi connectivity index (χ3v) is 3.79. The maximum absolute atomic E-state index is 12.2. The molecule has 0 aliphatic heterocycles. The Hall–Kier alpha value is -2.89. The van der Waals surface area contributed by atoms with Crippen molar-refractivity contribution >= 4 is 17.4 Å². The number of carbonyl (C=O) groups excluding carboxylic acids is 1. The van der Waals surface area contributed by atoms with E-state index in [-0.39, 0.29) is 11.7 Å². The Morgan fingerprint density at radius 1 is 1.21 bits per heavy atom. The van der Waals surface area contributed by atoms with Crippen LogP contribution in [-0.2, 0) is 6.42 Å². The SMILES string of the molecule is Cc1cc(NC(=O)N(C)CCCc2ccccc2)ccc1[N+](=O)[O-]. The summed E-state index contributed by atoms with van der Waals surface area (Å²) >= 11 is 0. The van der Waals surface area contributed by atoms with Crippen LogP contribution in [0, 0.1) is 17.0 Å². The highest BCUT2D eigenvalue weighted by atomic mass is 16.6. The summed E-state index contributed by atoms with van der Waals surface area (Å²) in [5.74, 6) is 0. The lowest BCUT2D eigenvalue weighted by atomic mass is 10.1. The van der Waals surface area contributed by atoms with Crippen molar-refractivity contribution in [3.8, 4) is 0 Å². The second-order valence-electron chi connectivity index (χ2n) is 5.70. The first kappa shape index (κ1) is 17.5. The number of hydrogen-bond donors (Lipinski definition) is 1. The van der Waals surface area contributed by atoms with E-state index < -0.39 is 4.92 Å². The van der Waals surface area contributed by atoms with E-state index in [4.69, 9.17) is 0 Å². The van der Waals surface area contributed by atoms with Crippen molar-refractivity contribution in [1.82, 2.24) is 4.90 Å². The molecule has 6 nitrogen and oxygen atoms in total. The van der Waals surface area contributed by atoms with Gasteiger partial charge in [0.25, 0.3) is 5.69 Å². The van der Waals surface area contributed by atoms with Crippen molar-refractivity contribution < 1.29 is 9.72 Å². The molecule has 0 bridgehead atoms. The van der Waals surface area contributed by atoms with Crippen LogP contribution in [0.25, 0.3) is 0 Å². The van der Waals surface area contributed by atoms with Gasteiger partial charge < -0.3 is 10.2 Å². The second kappa shape index (κ2) is 8.10. The van der Waals surface area contributed by atoms with E-state index in [2.05, 4.69) is 17.4 Å². The zero-order valence-corrected chi connectivity index (χ0v) is 13.9. The summed E-state index contributed by atoms with van der Waals surface area (Å²) in [7, 11) is 1.73. The third-order valence-electron chi connectivity index (χ3n) is 3.79. The number of nitrogens with zero attached hydrogens (tertiary/aromatic N) is 2. The minimum absolute atomic E-state index is 0.0456. The molecule has 0 aromatic heterocycles. The minimum atomic E-state index is -0.434. The Kier molecular flexibility index (Phi) is 5.89. The molecule has 0 spiro atoms. The minimum Gasteiger partial charge on any atom is -0.328 e. The van der Waals surface area contributed by atoms with Gasteiger partial charge in [-0.15, -0.1) is 0 Å². The van der Waals surface area contributed by atoms with Crippen molar-refractivity contribution in [3.05, 3.63) is 69.8 Å². The van der Waals surface area contributed by atoms with Gasteiger partial charge in [0.15, 0.2) is 0 Å². The molecule has 0 heterocycles. The summed E-state index contributed by atoms with van der Waals surface area (Å²) in [6, 6.07) is 14.5. The van der Waals surface area contributed by atoms with Crippen LogP contribution in [0.1, 0.15) is 17.5 Å². The Labute approximate surface area is 141 Å². The lowest BCUT2D eigenvalue weighted by Crippen LogP contribution is -2.32. The first-order valence-corrected chi connectivity index (χ1v) is 7.78. The molecule has 0 aliphatic carbocycles. The molecule has 0 aliphatic rings. The van der Waals surface area contributed by atoms with Gasteiger partial charge in [0.05, 0.1) is 4.92 Å². The Morgan fingerprint density at radius 3 is 2.54 bits per heavy atom. The van der Waals surface area contributed by atoms with Crippen molar-refractivity contribution in [2.24, 2.45) is 0 Å². The molecular weight excluding hydrogens is 306 g/mol. The number of nitro groups is 1. The highest BCUT2D eigenvalue weighted by molar-refractivity contribution is 5.89. The number of amides is 2.